The zero-order valence-electron chi connectivity index (χ0n) is 15.5. The number of benzene rings is 1. The van der Waals surface area contributed by atoms with Crippen molar-refractivity contribution in [1.29, 1.82) is 0 Å². The molecule has 0 N–H and O–H groups in total. The van der Waals surface area contributed by atoms with E-state index in [4.69, 9.17) is 9.47 Å². The molecule has 0 amide bonds. The predicted molar refractivity (Wildman–Crippen MR) is 98.0 cm³/mol. The van der Waals surface area contributed by atoms with Crippen LogP contribution in [0.15, 0.2) is 12.1 Å². The van der Waals surface area contributed by atoms with Gasteiger partial charge in [-0.05, 0) is 64.9 Å². The van der Waals surface area contributed by atoms with Crippen molar-refractivity contribution in [2.24, 2.45) is 0 Å². The predicted octanol–water partition coefficient (Wildman–Crippen LogP) is 3.46. The lowest BCUT2D eigenvalue weighted by molar-refractivity contribution is 0.0893. The van der Waals surface area contributed by atoms with Crippen LogP contribution in [0.1, 0.15) is 43.2 Å². The summed E-state index contributed by atoms with van der Waals surface area (Å²) in [4.78, 5) is 5.31. The molecule has 0 unspecified atom stereocenters. The second-order valence-corrected chi connectivity index (χ2v) is 7.19. The fraction of sp³-hybridized carbons (Fsp3) is 0.700. The molecule has 4 nitrogen and oxygen atoms in total. The Morgan fingerprint density at radius 1 is 0.958 bits per heavy atom. The van der Waals surface area contributed by atoms with Gasteiger partial charge in [0.2, 0.25) is 0 Å². The molecule has 0 saturated carbocycles. The molecule has 0 atom stereocenters. The molecule has 2 aliphatic rings. The lowest BCUT2D eigenvalue weighted by Crippen LogP contribution is -2.46. The van der Waals surface area contributed by atoms with Crippen molar-refractivity contribution in [3.05, 3.63) is 23.3 Å². The van der Waals surface area contributed by atoms with E-state index in [-0.39, 0.29) is 0 Å². The van der Waals surface area contributed by atoms with Gasteiger partial charge in [0.25, 0.3) is 0 Å². The number of methoxy groups -OCH3 is 2. The summed E-state index contributed by atoms with van der Waals surface area (Å²) in [6.07, 6.45) is 6.81. The lowest BCUT2D eigenvalue weighted by atomic mass is 9.99. The summed E-state index contributed by atoms with van der Waals surface area (Å²) in [5.74, 6) is 1.88. The van der Waals surface area contributed by atoms with Crippen LogP contribution in [0.2, 0.25) is 0 Å². The van der Waals surface area contributed by atoms with Crippen LogP contribution >= 0.6 is 0 Å². The number of nitrogens with zero attached hydrogens (tertiary/aromatic N) is 2. The van der Waals surface area contributed by atoms with Crippen molar-refractivity contribution in [1.82, 2.24) is 9.80 Å². The Balaban J connectivity index is 1.59. The number of likely N-dealkylation sites (tertiary alicyclic amines) is 2. The first-order valence-corrected chi connectivity index (χ1v) is 9.39. The molecule has 0 aliphatic carbocycles. The molecule has 0 spiro atoms. The van der Waals surface area contributed by atoms with Gasteiger partial charge in [-0.3, -0.25) is 4.90 Å². The van der Waals surface area contributed by atoms with E-state index in [0.717, 1.165) is 29.6 Å². The average Bonchev–Trinajstić information content (AvgIpc) is 2.63. The molecular formula is C20H32N2O2. The van der Waals surface area contributed by atoms with Gasteiger partial charge in [-0.15, -0.1) is 0 Å². The van der Waals surface area contributed by atoms with Crippen LogP contribution in [-0.4, -0.2) is 56.2 Å². The SMILES string of the molecule is COc1ccc(CN2CCC(N3CCCCC3)CC2)c(OC)c1C. The number of piperidine rings is 2. The van der Waals surface area contributed by atoms with Crippen molar-refractivity contribution in [3.63, 3.8) is 0 Å². The summed E-state index contributed by atoms with van der Waals surface area (Å²) in [6.45, 7) is 8.06. The highest BCUT2D eigenvalue weighted by atomic mass is 16.5. The fourth-order valence-corrected chi connectivity index (χ4v) is 4.33. The Morgan fingerprint density at radius 2 is 1.67 bits per heavy atom. The molecule has 1 aromatic rings. The molecule has 24 heavy (non-hydrogen) atoms. The summed E-state index contributed by atoms with van der Waals surface area (Å²) < 4.78 is 11.1. The highest BCUT2D eigenvalue weighted by Gasteiger charge is 2.26. The molecule has 0 bridgehead atoms. The second kappa shape index (κ2) is 8.21. The second-order valence-electron chi connectivity index (χ2n) is 7.19. The maximum absolute atomic E-state index is 5.66. The Morgan fingerprint density at radius 3 is 2.29 bits per heavy atom. The van der Waals surface area contributed by atoms with Gasteiger partial charge >= 0.3 is 0 Å². The number of hydrogen-bond donors (Lipinski definition) is 0. The van der Waals surface area contributed by atoms with E-state index in [1.165, 1.54) is 63.8 Å². The fourth-order valence-electron chi connectivity index (χ4n) is 4.33. The maximum atomic E-state index is 5.66. The van der Waals surface area contributed by atoms with Crippen molar-refractivity contribution in [3.8, 4) is 11.5 Å². The normalized spacial score (nSPS) is 21.0. The Bertz CT molecular complexity index is 533. The monoisotopic (exact) mass is 332 g/mol. The van der Waals surface area contributed by atoms with E-state index < -0.39 is 0 Å². The molecule has 0 radical (unpaired) electrons. The van der Waals surface area contributed by atoms with E-state index in [1.54, 1.807) is 14.2 Å². The summed E-state index contributed by atoms with van der Waals surface area (Å²) in [5, 5.41) is 0. The third-order valence-electron chi connectivity index (χ3n) is 5.72. The minimum atomic E-state index is 0.807. The Labute approximate surface area is 146 Å². The van der Waals surface area contributed by atoms with Gasteiger partial charge < -0.3 is 14.4 Å². The largest absolute Gasteiger partial charge is 0.496 e. The van der Waals surface area contributed by atoms with Crippen LogP contribution in [-0.2, 0) is 6.54 Å². The topological polar surface area (TPSA) is 24.9 Å². The van der Waals surface area contributed by atoms with Gasteiger partial charge in [-0.2, -0.15) is 0 Å². The van der Waals surface area contributed by atoms with Crippen molar-refractivity contribution in [2.45, 2.75) is 51.6 Å². The number of ether oxygens (including phenoxy) is 2. The molecule has 134 valence electrons. The smallest absolute Gasteiger partial charge is 0.129 e. The summed E-state index contributed by atoms with van der Waals surface area (Å²) in [7, 11) is 3.47. The zero-order chi connectivity index (χ0) is 16.9. The minimum Gasteiger partial charge on any atom is -0.496 e. The first-order chi connectivity index (χ1) is 11.7. The van der Waals surface area contributed by atoms with Gasteiger partial charge in [-0.25, -0.2) is 0 Å². The average molecular weight is 332 g/mol. The molecule has 2 fully saturated rings. The molecule has 2 aliphatic heterocycles. The van der Waals surface area contributed by atoms with E-state index in [9.17, 15) is 0 Å². The standard InChI is InChI=1S/C20H32N2O2/c1-16-19(23-2)8-7-17(20(16)24-3)15-21-13-9-18(10-14-21)22-11-5-4-6-12-22/h7-8,18H,4-6,9-15H2,1-3H3. The molecular weight excluding hydrogens is 300 g/mol. The van der Waals surface area contributed by atoms with Crippen LogP contribution in [0.25, 0.3) is 0 Å². The van der Waals surface area contributed by atoms with Gasteiger partial charge in [0.1, 0.15) is 11.5 Å². The lowest BCUT2D eigenvalue weighted by Gasteiger charge is -2.40. The summed E-state index contributed by atoms with van der Waals surface area (Å²) in [5.41, 5.74) is 2.37. The van der Waals surface area contributed by atoms with Crippen molar-refractivity contribution >= 4 is 0 Å². The van der Waals surface area contributed by atoms with Crippen LogP contribution in [0.5, 0.6) is 11.5 Å². The van der Waals surface area contributed by atoms with Gasteiger partial charge in [0.15, 0.2) is 0 Å². The van der Waals surface area contributed by atoms with Gasteiger partial charge in [0, 0.05) is 23.7 Å². The maximum Gasteiger partial charge on any atom is 0.129 e. The highest BCUT2D eigenvalue weighted by molar-refractivity contribution is 5.49. The third kappa shape index (κ3) is 3.86. The number of rotatable bonds is 5. The van der Waals surface area contributed by atoms with Gasteiger partial charge in [0.05, 0.1) is 14.2 Å². The van der Waals surface area contributed by atoms with Crippen LogP contribution < -0.4 is 9.47 Å². The summed E-state index contributed by atoms with van der Waals surface area (Å²) in [6, 6.07) is 5.02. The molecule has 3 rings (SSSR count). The molecule has 4 heteroatoms. The van der Waals surface area contributed by atoms with E-state index in [1.807, 2.05) is 0 Å². The first-order valence-electron chi connectivity index (χ1n) is 9.39. The quantitative estimate of drug-likeness (QED) is 0.824. The first kappa shape index (κ1) is 17.6. The van der Waals surface area contributed by atoms with E-state index >= 15 is 0 Å². The highest BCUT2D eigenvalue weighted by Crippen LogP contribution is 2.32. The Kier molecular flexibility index (Phi) is 6.01. The van der Waals surface area contributed by atoms with Gasteiger partial charge in [-0.1, -0.05) is 12.5 Å². The van der Waals surface area contributed by atoms with Crippen LogP contribution in [0.4, 0.5) is 0 Å². The minimum absolute atomic E-state index is 0.807. The molecule has 2 saturated heterocycles. The van der Waals surface area contributed by atoms with E-state index in [2.05, 4.69) is 28.9 Å². The van der Waals surface area contributed by atoms with Crippen LogP contribution in [0.3, 0.4) is 0 Å². The van der Waals surface area contributed by atoms with Crippen molar-refractivity contribution < 1.29 is 9.47 Å². The molecule has 0 aromatic heterocycles. The molecule has 1 aromatic carbocycles. The summed E-state index contributed by atoms with van der Waals surface area (Å²) >= 11 is 0. The Hall–Kier alpha value is -1.26. The number of hydrogen-bond acceptors (Lipinski definition) is 4. The van der Waals surface area contributed by atoms with E-state index in [0.29, 0.717) is 0 Å². The van der Waals surface area contributed by atoms with Crippen molar-refractivity contribution in [2.75, 3.05) is 40.4 Å². The van der Waals surface area contributed by atoms with Crippen LogP contribution in [0, 0.1) is 6.92 Å². The zero-order valence-corrected chi connectivity index (χ0v) is 15.5. The third-order valence-corrected chi connectivity index (χ3v) is 5.72. The molecule has 2 heterocycles.